The maximum atomic E-state index is 12.2. The molecule has 0 radical (unpaired) electrons. The Morgan fingerprint density at radius 3 is 2.65 bits per heavy atom. The van der Waals surface area contributed by atoms with Crippen molar-refractivity contribution in [1.82, 2.24) is 0 Å². The van der Waals surface area contributed by atoms with Crippen LogP contribution in [0.1, 0.15) is 46.5 Å². The van der Waals surface area contributed by atoms with Gasteiger partial charge < -0.3 is 15.8 Å². The van der Waals surface area contributed by atoms with Crippen LogP contribution in [-0.4, -0.2) is 18.4 Å². The first kappa shape index (κ1) is 18.7. The molecule has 0 spiro atoms. The highest BCUT2D eigenvalue weighted by Crippen LogP contribution is 2.37. The van der Waals surface area contributed by atoms with E-state index < -0.39 is 5.91 Å². The normalized spacial score (nSPS) is 13.1. The summed E-state index contributed by atoms with van der Waals surface area (Å²) >= 11 is 7.30. The number of anilines is 1. The summed E-state index contributed by atoms with van der Waals surface area (Å²) < 4.78 is 5.58. The Hall–Kier alpha value is -2.05. The van der Waals surface area contributed by atoms with Gasteiger partial charge in [-0.25, -0.2) is 0 Å². The van der Waals surface area contributed by atoms with Crippen molar-refractivity contribution in [2.24, 2.45) is 5.73 Å². The lowest BCUT2D eigenvalue weighted by atomic mass is 9.95. The van der Waals surface area contributed by atoms with E-state index in [9.17, 15) is 9.59 Å². The Bertz CT molecular complexity index is 802. The van der Waals surface area contributed by atoms with Gasteiger partial charge in [0.25, 0.3) is 5.91 Å². The second kappa shape index (κ2) is 8.56. The van der Waals surface area contributed by atoms with Gasteiger partial charge >= 0.3 is 0 Å². The van der Waals surface area contributed by atoms with Gasteiger partial charge in [0, 0.05) is 16.3 Å². The van der Waals surface area contributed by atoms with Crippen molar-refractivity contribution in [3.63, 3.8) is 0 Å². The van der Waals surface area contributed by atoms with Gasteiger partial charge in [-0.2, -0.15) is 0 Å². The number of benzene rings is 1. The molecule has 0 atom stereocenters. The van der Waals surface area contributed by atoms with Crippen LogP contribution >= 0.6 is 22.9 Å². The third-order valence-corrected chi connectivity index (χ3v) is 5.76. The van der Waals surface area contributed by atoms with Crippen molar-refractivity contribution in [1.29, 1.82) is 0 Å². The predicted molar refractivity (Wildman–Crippen MR) is 104 cm³/mol. The third kappa shape index (κ3) is 4.56. The van der Waals surface area contributed by atoms with Gasteiger partial charge in [0.15, 0.2) is 0 Å². The van der Waals surface area contributed by atoms with Crippen LogP contribution in [0.15, 0.2) is 24.3 Å². The Labute approximate surface area is 161 Å². The third-order valence-electron chi connectivity index (χ3n) is 4.30. The number of carbonyl (C=O) groups excluding carboxylic acids is 2. The minimum Gasteiger partial charge on any atom is -0.494 e. The molecule has 7 heteroatoms. The van der Waals surface area contributed by atoms with Gasteiger partial charge in [0.1, 0.15) is 10.8 Å². The molecule has 2 amide bonds. The molecule has 138 valence electrons. The number of carbonyl (C=O) groups is 2. The van der Waals surface area contributed by atoms with Gasteiger partial charge in [-0.05, 0) is 61.9 Å². The highest BCUT2D eigenvalue weighted by Gasteiger charge is 2.24. The van der Waals surface area contributed by atoms with Crippen LogP contribution in [-0.2, 0) is 17.6 Å². The molecule has 2 aromatic rings. The molecule has 1 aromatic carbocycles. The van der Waals surface area contributed by atoms with Crippen LogP contribution in [0.5, 0.6) is 5.75 Å². The number of halogens is 1. The van der Waals surface area contributed by atoms with E-state index >= 15 is 0 Å². The second-order valence-corrected chi connectivity index (χ2v) is 7.77. The van der Waals surface area contributed by atoms with Crippen LogP contribution in [0.25, 0.3) is 0 Å². The molecule has 26 heavy (non-hydrogen) atoms. The molecule has 5 nitrogen and oxygen atoms in total. The van der Waals surface area contributed by atoms with E-state index in [4.69, 9.17) is 22.1 Å². The van der Waals surface area contributed by atoms with Gasteiger partial charge in [0.05, 0.1) is 12.2 Å². The molecule has 1 aliphatic carbocycles. The van der Waals surface area contributed by atoms with E-state index in [1.54, 1.807) is 24.3 Å². The zero-order chi connectivity index (χ0) is 18.5. The van der Waals surface area contributed by atoms with Gasteiger partial charge in [-0.15, -0.1) is 11.3 Å². The number of hydrogen-bond donors (Lipinski definition) is 2. The number of rotatable bonds is 7. The van der Waals surface area contributed by atoms with Crippen LogP contribution in [0, 0.1) is 0 Å². The van der Waals surface area contributed by atoms with Crippen LogP contribution in [0.4, 0.5) is 5.00 Å². The SMILES string of the molecule is NC(=O)c1c(NC(=O)CCCOc2ccc(Cl)cc2)sc2c1CCCC2. The number of fused-ring (bicyclic) bond motifs is 1. The Morgan fingerprint density at radius 1 is 1.19 bits per heavy atom. The summed E-state index contributed by atoms with van der Waals surface area (Å²) in [4.78, 5) is 25.2. The smallest absolute Gasteiger partial charge is 0.251 e. The monoisotopic (exact) mass is 392 g/mol. The number of primary amides is 1. The van der Waals surface area contributed by atoms with E-state index in [1.807, 2.05) is 0 Å². The summed E-state index contributed by atoms with van der Waals surface area (Å²) in [5.41, 5.74) is 7.06. The molecule has 0 unspecified atom stereocenters. The largest absolute Gasteiger partial charge is 0.494 e. The van der Waals surface area contributed by atoms with Gasteiger partial charge in [0.2, 0.25) is 5.91 Å². The first-order chi connectivity index (χ1) is 12.5. The Kier molecular flexibility index (Phi) is 6.16. The summed E-state index contributed by atoms with van der Waals surface area (Å²) in [5.74, 6) is 0.119. The van der Waals surface area contributed by atoms with Crippen LogP contribution in [0.3, 0.4) is 0 Å². The fourth-order valence-electron chi connectivity index (χ4n) is 3.06. The molecule has 3 N–H and O–H groups in total. The topological polar surface area (TPSA) is 81.4 Å². The zero-order valence-corrected chi connectivity index (χ0v) is 15.9. The van der Waals surface area contributed by atoms with Crippen LogP contribution < -0.4 is 15.8 Å². The van der Waals surface area contributed by atoms with Crippen molar-refractivity contribution in [2.75, 3.05) is 11.9 Å². The molecular formula is C19H21ClN2O3S. The lowest BCUT2D eigenvalue weighted by Gasteiger charge is -2.11. The number of nitrogens with two attached hydrogens (primary N) is 1. The summed E-state index contributed by atoms with van der Waals surface area (Å²) in [6.07, 6.45) is 4.86. The molecule has 1 aliphatic rings. The second-order valence-electron chi connectivity index (χ2n) is 6.23. The molecule has 0 saturated carbocycles. The van der Waals surface area contributed by atoms with Crippen molar-refractivity contribution >= 4 is 39.8 Å². The highest BCUT2D eigenvalue weighted by atomic mass is 35.5. The van der Waals surface area contributed by atoms with Gasteiger partial charge in [-0.3, -0.25) is 9.59 Å². The maximum absolute atomic E-state index is 12.2. The number of ether oxygens (including phenoxy) is 1. The standard InChI is InChI=1S/C19H21ClN2O3S/c20-12-7-9-13(10-8-12)25-11-3-6-16(23)22-19-17(18(21)24)14-4-1-2-5-15(14)26-19/h7-10H,1-6,11H2,(H2,21,24)(H,22,23). The maximum Gasteiger partial charge on any atom is 0.251 e. The van der Waals surface area contributed by atoms with Crippen molar-refractivity contribution in [3.8, 4) is 5.75 Å². The number of thiophene rings is 1. The average molecular weight is 393 g/mol. The first-order valence-electron chi connectivity index (χ1n) is 8.67. The van der Waals surface area contributed by atoms with E-state index in [-0.39, 0.29) is 5.91 Å². The minimum absolute atomic E-state index is 0.134. The fraction of sp³-hybridized carbons (Fsp3) is 0.368. The van der Waals surface area contributed by atoms with E-state index in [0.29, 0.717) is 35.0 Å². The first-order valence-corrected chi connectivity index (χ1v) is 9.86. The molecule has 0 bridgehead atoms. The highest BCUT2D eigenvalue weighted by molar-refractivity contribution is 7.17. The Morgan fingerprint density at radius 2 is 1.92 bits per heavy atom. The molecule has 1 aromatic heterocycles. The lowest BCUT2D eigenvalue weighted by Crippen LogP contribution is -2.18. The number of nitrogens with one attached hydrogen (secondary N) is 1. The quantitative estimate of drug-likeness (QED) is 0.693. The molecular weight excluding hydrogens is 372 g/mol. The molecule has 0 aliphatic heterocycles. The van der Waals surface area contributed by atoms with Crippen LogP contribution in [0.2, 0.25) is 5.02 Å². The van der Waals surface area contributed by atoms with E-state index in [0.717, 1.165) is 37.0 Å². The summed E-state index contributed by atoms with van der Waals surface area (Å²) in [5, 5.41) is 4.11. The predicted octanol–water partition coefficient (Wildman–Crippen LogP) is 4.18. The minimum atomic E-state index is -0.467. The fourth-order valence-corrected chi connectivity index (χ4v) is 4.49. The molecule has 0 fully saturated rings. The van der Waals surface area contributed by atoms with E-state index in [1.165, 1.54) is 16.2 Å². The average Bonchev–Trinajstić information content (AvgIpc) is 2.98. The lowest BCUT2D eigenvalue weighted by molar-refractivity contribution is -0.116. The molecule has 0 saturated heterocycles. The molecule has 1 heterocycles. The summed E-state index contributed by atoms with van der Waals surface area (Å²) in [7, 11) is 0. The van der Waals surface area contributed by atoms with Crippen molar-refractivity contribution in [2.45, 2.75) is 38.5 Å². The number of hydrogen-bond acceptors (Lipinski definition) is 4. The number of aryl methyl sites for hydroxylation is 1. The number of amides is 2. The summed E-state index contributed by atoms with van der Waals surface area (Å²) in [6, 6.07) is 7.09. The van der Waals surface area contributed by atoms with Crippen molar-refractivity contribution in [3.05, 3.63) is 45.3 Å². The Balaban J connectivity index is 1.52. The summed E-state index contributed by atoms with van der Waals surface area (Å²) in [6.45, 7) is 0.429. The van der Waals surface area contributed by atoms with Crippen molar-refractivity contribution < 1.29 is 14.3 Å². The van der Waals surface area contributed by atoms with E-state index in [2.05, 4.69) is 5.32 Å². The van der Waals surface area contributed by atoms with Gasteiger partial charge in [-0.1, -0.05) is 11.6 Å². The zero-order valence-electron chi connectivity index (χ0n) is 14.3. The molecule has 3 rings (SSSR count).